The Labute approximate surface area is 134 Å². The van der Waals surface area contributed by atoms with Crippen LogP contribution in [0, 0.1) is 5.92 Å². The smallest absolute Gasteiger partial charge is 0.194 e. The van der Waals surface area contributed by atoms with E-state index in [4.69, 9.17) is 0 Å². The molecule has 22 heavy (non-hydrogen) atoms. The third-order valence-electron chi connectivity index (χ3n) is 4.35. The number of thiol groups is 1. The molecule has 1 atom stereocenters. The maximum atomic E-state index is 12.5. The fraction of sp³-hybridized carbons (Fsp3) is 0.353. The number of rotatable bonds is 4. The van der Waals surface area contributed by atoms with Gasteiger partial charge in [-0.3, -0.25) is 4.79 Å². The van der Waals surface area contributed by atoms with Gasteiger partial charge in [0.05, 0.1) is 11.3 Å². The van der Waals surface area contributed by atoms with Crippen LogP contribution in [0.1, 0.15) is 46.3 Å². The Balaban J connectivity index is 1.75. The number of fused-ring (bicyclic) bond motifs is 1. The maximum absolute atomic E-state index is 12.5. The Bertz CT molecular complexity index is 693. The van der Waals surface area contributed by atoms with Gasteiger partial charge in [-0.1, -0.05) is 24.3 Å². The van der Waals surface area contributed by atoms with E-state index in [1.165, 1.54) is 17.3 Å². The van der Waals surface area contributed by atoms with Crippen molar-refractivity contribution in [1.29, 1.82) is 0 Å². The molecule has 0 saturated carbocycles. The van der Waals surface area contributed by atoms with Gasteiger partial charge in [-0.25, -0.2) is 0 Å². The van der Waals surface area contributed by atoms with Crippen molar-refractivity contribution in [2.45, 2.75) is 36.9 Å². The summed E-state index contributed by atoms with van der Waals surface area (Å²) in [4.78, 5) is 15.7. The van der Waals surface area contributed by atoms with Crippen molar-refractivity contribution in [2.24, 2.45) is 5.92 Å². The Morgan fingerprint density at radius 1 is 1.32 bits per heavy atom. The molecule has 0 unspecified atom stereocenters. The molecule has 3 N–H and O–H groups in total. The molecule has 0 amide bonds. The average Bonchev–Trinajstić information content (AvgIpc) is 2.89. The van der Waals surface area contributed by atoms with Gasteiger partial charge < -0.3 is 15.2 Å². The highest BCUT2D eigenvalue weighted by atomic mass is 32.1. The van der Waals surface area contributed by atoms with Crippen LogP contribution in [0.5, 0.6) is 0 Å². The van der Waals surface area contributed by atoms with Gasteiger partial charge in [-0.15, -0.1) is 12.6 Å². The van der Waals surface area contributed by atoms with Crippen molar-refractivity contribution in [3.05, 3.63) is 52.8 Å². The topological polar surface area (TPSA) is 73.3 Å². The van der Waals surface area contributed by atoms with Crippen LogP contribution < -0.4 is 0 Å². The lowest BCUT2D eigenvalue weighted by Gasteiger charge is -2.24. The summed E-state index contributed by atoms with van der Waals surface area (Å²) in [5, 5.41) is 18.7. The lowest BCUT2D eigenvalue weighted by molar-refractivity contribution is -0.0459. The van der Waals surface area contributed by atoms with Crippen molar-refractivity contribution in [3.63, 3.8) is 0 Å². The Kier molecular flexibility index (Phi) is 4.38. The molecule has 0 spiro atoms. The highest BCUT2D eigenvalue weighted by Crippen LogP contribution is 2.31. The fourth-order valence-corrected chi connectivity index (χ4v) is 3.55. The Morgan fingerprint density at radius 2 is 2.05 bits per heavy atom. The first kappa shape index (κ1) is 15.3. The molecule has 116 valence electrons. The SMILES string of the molecule is O=C(C[C@H]1CCc2ccccc2C1)c1c(S)c[nH]c1C(O)O. The number of benzene rings is 1. The first-order valence-corrected chi connectivity index (χ1v) is 7.87. The number of carbonyl (C=O) groups is 1. The van der Waals surface area contributed by atoms with E-state index in [0.717, 1.165) is 19.3 Å². The van der Waals surface area contributed by atoms with Crippen molar-refractivity contribution < 1.29 is 15.0 Å². The molecule has 0 radical (unpaired) electrons. The molecular weight excluding hydrogens is 298 g/mol. The molecule has 0 saturated heterocycles. The Hall–Kier alpha value is -1.56. The van der Waals surface area contributed by atoms with E-state index in [1.807, 2.05) is 12.1 Å². The van der Waals surface area contributed by atoms with Gasteiger partial charge in [0.15, 0.2) is 12.1 Å². The number of aromatic nitrogens is 1. The number of Topliss-reactive ketones (excluding diaryl/α,β-unsaturated/α-hetero) is 1. The fourth-order valence-electron chi connectivity index (χ4n) is 3.24. The largest absolute Gasteiger partial charge is 0.363 e. The molecule has 0 aliphatic heterocycles. The second kappa shape index (κ2) is 6.28. The number of aliphatic hydroxyl groups is 2. The zero-order chi connectivity index (χ0) is 15.7. The summed E-state index contributed by atoms with van der Waals surface area (Å²) in [5.41, 5.74) is 3.12. The van der Waals surface area contributed by atoms with Gasteiger partial charge in [-0.2, -0.15) is 0 Å². The van der Waals surface area contributed by atoms with Gasteiger partial charge in [0.2, 0.25) is 0 Å². The number of aromatic amines is 1. The summed E-state index contributed by atoms with van der Waals surface area (Å²) >= 11 is 4.24. The third-order valence-corrected chi connectivity index (χ3v) is 4.70. The van der Waals surface area contributed by atoms with Gasteiger partial charge in [-0.05, 0) is 36.3 Å². The summed E-state index contributed by atoms with van der Waals surface area (Å²) in [5.74, 6) is 0.201. The molecule has 1 aromatic carbocycles. The minimum Gasteiger partial charge on any atom is -0.363 e. The minimum atomic E-state index is -1.69. The van der Waals surface area contributed by atoms with Gasteiger partial charge in [0.25, 0.3) is 0 Å². The second-order valence-corrected chi connectivity index (χ2v) is 6.32. The summed E-state index contributed by atoms with van der Waals surface area (Å²) < 4.78 is 0. The first-order valence-electron chi connectivity index (χ1n) is 7.42. The van der Waals surface area contributed by atoms with Crippen LogP contribution in [-0.2, 0) is 12.8 Å². The third kappa shape index (κ3) is 2.97. The summed E-state index contributed by atoms with van der Waals surface area (Å²) in [7, 11) is 0. The van der Waals surface area contributed by atoms with E-state index in [0.29, 0.717) is 16.9 Å². The first-order chi connectivity index (χ1) is 10.6. The standard InChI is InChI=1S/C17H19NO3S/c19-13(15-14(22)9-18-16(15)17(20)21)8-10-5-6-11-3-1-2-4-12(11)7-10/h1-4,9-10,17-18,20-22H,5-8H2/t10-/m0/s1. The van der Waals surface area contributed by atoms with Gasteiger partial charge in [0, 0.05) is 17.5 Å². The molecule has 4 nitrogen and oxygen atoms in total. The molecule has 0 bridgehead atoms. The van der Waals surface area contributed by atoms with Gasteiger partial charge >= 0.3 is 0 Å². The molecule has 5 heteroatoms. The van der Waals surface area contributed by atoms with E-state index in [2.05, 4.69) is 29.7 Å². The average molecular weight is 317 g/mol. The normalized spacial score (nSPS) is 17.5. The number of aryl methyl sites for hydroxylation is 1. The van der Waals surface area contributed by atoms with Crippen molar-refractivity contribution in [3.8, 4) is 0 Å². The number of ketones is 1. The number of nitrogens with one attached hydrogen (secondary N) is 1. The predicted molar refractivity (Wildman–Crippen MR) is 86.1 cm³/mol. The van der Waals surface area contributed by atoms with Crippen LogP contribution in [-0.4, -0.2) is 21.0 Å². The quantitative estimate of drug-likeness (QED) is 0.398. The molecule has 3 rings (SSSR count). The number of hydrogen-bond acceptors (Lipinski definition) is 4. The lowest BCUT2D eigenvalue weighted by Crippen LogP contribution is -2.18. The van der Waals surface area contributed by atoms with Crippen LogP contribution in [0.3, 0.4) is 0 Å². The van der Waals surface area contributed by atoms with E-state index >= 15 is 0 Å². The van der Waals surface area contributed by atoms with Gasteiger partial charge in [0.1, 0.15) is 0 Å². The van der Waals surface area contributed by atoms with E-state index < -0.39 is 6.29 Å². The number of aliphatic hydroxyl groups excluding tert-OH is 1. The van der Waals surface area contributed by atoms with Crippen LogP contribution in [0.4, 0.5) is 0 Å². The Morgan fingerprint density at radius 3 is 2.77 bits per heavy atom. The van der Waals surface area contributed by atoms with E-state index in [9.17, 15) is 15.0 Å². The molecule has 1 heterocycles. The number of H-pyrrole nitrogens is 1. The lowest BCUT2D eigenvalue weighted by atomic mass is 9.81. The second-order valence-electron chi connectivity index (χ2n) is 5.84. The molecule has 1 aromatic heterocycles. The van der Waals surface area contributed by atoms with Crippen LogP contribution in [0.25, 0.3) is 0 Å². The van der Waals surface area contributed by atoms with Crippen molar-refractivity contribution >= 4 is 18.4 Å². The highest BCUT2D eigenvalue weighted by Gasteiger charge is 2.25. The van der Waals surface area contributed by atoms with E-state index in [-0.39, 0.29) is 17.4 Å². The number of hydrogen-bond donors (Lipinski definition) is 4. The molecular formula is C17H19NO3S. The van der Waals surface area contributed by atoms with Crippen LogP contribution in [0.15, 0.2) is 35.4 Å². The zero-order valence-electron chi connectivity index (χ0n) is 12.1. The summed E-state index contributed by atoms with van der Waals surface area (Å²) in [6.07, 6.45) is 3.09. The van der Waals surface area contributed by atoms with Crippen molar-refractivity contribution in [1.82, 2.24) is 4.98 Å². The highest BCUT2D eigenvalue weighted by molar-refractivity contribution is 7.80. The molecule has 1 aliphatic rings. The number of carbonyl (C=O) groups excluding carboxylic acids is 1. The monoisotopic (exact) mass is 317 g/mol. The van der Waals surface area contributed by atoms with Crippen LogP contribution in [0.2, 0.25) is 0 Å². The summed E-state index contributed by atoms with van der Waals surface area (Å²) in [6, 6.07) is 8.34. The zero-order valence-corrected chi connectivity index (χ0v) is 13.0. The predicted octanol–water partition coefficient (Wildman–Crippen LogP) is 2.66. The molecule has 1 aliphatic carbocycles. The van der Waals surface area contributed by atoms with E-state index in [1.54, 1.807) is 0 Å². The molecule has 2 aromatic rings. The molecule has 0 fully saturated rings. The summed E-state index contributed by atoms with van der Waals surface area (Å²) in [6.45, 7) is 0. The van der Waals surface area contributed by atoms with Crippen molar-refractivity contribution in [2.75, 3.05) is 0 Å². The minimum absolute atomic E-state index is 0.0845. The van der Waals surface area contributed by atoms with Crippen LogP contribution >= 0.6 is 12.6 Å². The maximum Gasteiger partial charge on any atom is 0.194 e.